The molecule has 6 rings (SSSR count). The van der Waals surface area contributed by atoms with Crippen molar-refractivity contribution in [3.8, 4) is 33.6 Å². The van der Waals surface area contributed by atoms with E-state index in [1.165, 1.54) is 0 Å². The molecule has 2 aliphatic rings. The lowest BCUT2D eigenvalue weighted by Gasteiger charge is -2.27. The van der Waals surface area contributed by atoms with Gasteiger partial charge in [-0.1, -0.05) is 76.2 Å². The van der Waals surface area contributed by atoms with Crippen molar-refractivity contribution >= 4 is 11.8 Å². The molecule has 0 spiro atoms. The molecule has 4 N–H and O–H groups in total. The third-order valence-electron chi connectivity index (χ3n) is 9.24. The molecule has 0 radical (unpaired) electrons. The topological polar surface area (TPSA) is 124 Å². The van der Waals surface area contributed by atoms with Crippen LogP contribution >= 0.6 is 0 Å². The van der Waals surface area contributed by atoms with Crippen LogP contribution in [0.4, 0.5) is 0 Å². The number of likely N-dealkylation sites (tertiary alicyclic amines) is 2. The molecule has 4 aromatic rings. The standard InChI is InChI=1S/C36H45N7O2/c1-22(2)19-32(44)42-17-5-7-30(42)34-38-20-28(40-34)26-13-9-24(10-14-26)25-11-15-27(16-12-25)29-21-39-35(41-29)31-8-6-18-43(31)36(45)33(37)23(3)4/h9-16,20-23,30-31,33H,5-8,17-19,37H2,1-4H3,(H,38,40)(H,39,41)/t30-,31-,33-/m0/s1. The number of H-pyrrole nitrogens is 2. The number of aromatic amines is 2. The second kappa shape index (κ2) is 13.0. The minimum Gasteiger partial charge on any atom is -0.340 e. The van der Waals surface area contributed by atoms with Gasteiger partial charge in [-0.2, -0.15) is 0 Å². The smallest absolute Gasteiger partial charge is 0.240 e. The summed E-state index contributed by atoms with van der Waals surface area (Å²) in [6, 6.07) is 16.4. The molecule has 9 heteroatoms. The van der Waals surface area contributed by atoms with Crippen LogP contribution in [0.3, 0.4) is 0 Å². The minimum atomic E-state index is -0.493. The van der Waals surface area contributed by atoms with E-state index >= 15 is 0 Å². The van der Waals surface area contributed by atoms with Gasteiger partial charge >= 0.3 is 0 Å². The fourth-order valence-electron chi connectivity index (χ4n) is 6.60. The quantitative estimate of drug-likeness (QED) is 0.201. The Morgan fingerprint density at radius 3 is 1.67 bits per heavy atom. The van der Waals surface area contributed by atoms with E-state index in [2.05, 4.69) is 82.3 Å². The number of amides is 2. The lowest BCUT2D eigenvalue weighted by atomic mass is 10.0. The van der Waals surface area contributed by atoms with Crippen molar-refractivity contribution in [3.63, 3.8) is 0 Å². The summed E-state index contributed by atoms with van der Waals surface area (Å²) < 4.78 is 0. The zero-order valence-corrected chi connectivity index (χ0v) is 26.8. The highest BCUT2D eigenvalue weighted by Gasteiger charge is 2.35. The van der Waals surface area contributed by atoms with Gasteiger partial charge in [-0.25, -0.2) is 9.97 Å². The Balaban J connectivity index is 1.12. The summed E-state index contributed by atoms with van der Waals surface area (Å²) in [6.07, 6.45) is 8.09. The van der Waals surface area contributed by atoms with E-state index in [9.17, 15) is 9.59 Å². The van der Waals surface area contributed by atoms with Gasteiger partial charge in [0.25, 0.3) is 0 Å². The SMILES string of the molecule is CC(C)CC(=O)N1CCC[C@H]1c1ncc(-c2ccc(-c3ccc(-c4cnc([C@@H]5CCCN5C(=O)[C@@H](N)C(C)C)[nH]4)cc3)cc2)[nH]1. The Kier molecular flexibility index (Phi) is 8.90. The molecule has 0 saturated carbocycles. The van der Waals surface area contributed by atoms with E-state index in [1.54, 1.807) is 0 Å². The molecule has 0 unspecified atom stereocenters. The van der Waals surface area contributed by atoms with Crippen LogP contribution in [0.15, 0.2) is 60.9 Å². The van der Waals surface area contributed by atoms with E-state index in [4.69, 9.17) is 5.73 Å². The normalized spacial score (nSPS) is 19.2. The van der Waals surface area contributed by atoms with Crippen LogP contribution in [0.1, 0.15) is 83.5 Å². The van der Waals surface area contributed by atoms with Crippen LogP contribution in [0.2, 0.25) is 0 Å². The van der Waals surface area contributed by atoms with Gasteiger partial charge in [0, 0.05) is 19.5 Å². The number of rotatable bonds is 9. The molecule has 3 atom stereocenters. The third-order valence-corrected chi connectivity index (χ3v) is 9.24. The van der Waals surface area contributed by atoms with Gasteiger partial charge in [0.1, 0.15) is 11.6 Å². The van der Waals surface area contributed by atoms with E-state index in [-0.39, 0.29) is 29.8 Å². The highest BCUT2D eigenvalue weighted by molar-refractivity contribution is 5.82. The molecule has 2 aromatic heterocycles. The molecular weight excluding hydrogens is 562 g/mol. The van der Waals surface area contributed by atoms with Gasteiger partial charge in [0.15, 0.2) is 0 Å². The highest BCUT2D eigenvalue weighted by Crippen LogP contribution is 2.34. The first-order valence-electron chi connectivity index (χ1n) is 16.4. The largest absolute Gasteiger partial charge is 0.340 e. The molecule has 2 saturated heterocycles. The molecule has 9 nitrogen and oxygen atoms in total. The van der Waals surface area contributed by atoms with Crippen molar-refractivity contribution in [1.29, 1.82) is 0 Å². The first-order chi connectivity index (χ1) is 21.7. The lowest BCUT2D eigenvalue weighted by Crippen LogP contribution is -2.46. The number of hydrogen-bond donors (Lipinski definition) is 3. The van der Waals surface area contributed by atoms with Gasteiger partial charge < -0.3 is 25.5 Å². The third kappa shape index (κ3) is 6.45. The van der Waals surface area contributed by atoms with Gasteiger partial charge in [0.2, 0.25) is 11.8 Å². The Morgan fingerprint density at radius 1 is 0.756 bits per heavy atom. The Morgan fingerprint density at radius 2 is 1.20 bits per heavy atom. The van der Waals surface area contributed by atoms with E-state index < -0.39 is 6.04 Å². The van der Waals surface area contributed by atoms with E-state index in [0.29, 0.717) is 18.9 Å². The second-order valence-corrected chi connectivity index (χ2v) is 13.3. The molecule has 2 fully saturated rings. The maximum Gasteiger partial charge on any atom is 0.240 e. The number of carbonyl (C=O) groups excluding carboxylic acids is 2. The van der Waals surface area contributed by atoms with Crippen molar-refractivity contribution in [1.82, 2.24) is 29.7 Å². The van der Waals surface area contributed by atoms with Gasteiger partial charge in [-0.05, 0) is 59.8 Å². The summed E-state index contributed by atoms with van der Waals surface area (Å²) in [5.74, 6) is 2.35. The Labute approximate surface area is 265 Å². The van der Waals surface area contributed by atoms with Crippen molar-refractivity contribution in [2.75, 3.05) is 13.1 Å². The number of nitrogens with two attached hydrogens (primary N) is 1. The van der Waals surface area contributed by atoms with Gasteiger partial charge in [0.05, 0.1) is 41.9 Å². The minimum absolute atomic E-state index is 0.00263. The summed E-state index contributed by atoms with van der Waals surface area (Å²) in [7, 11) is 0. The summed E-state index contributed by atoms with van der Waals surface area (Å²) in [4.78, 5) is 46.0. The zero-order valence-electron chi connectivity index (χ0n) is 26.8. The lowest BCUT2D eigenvalue weighted by molar-refractivity contribution is -0.135. The number of imidazole rings is 2. The van der Waals surface area contributed by atoms with Crippen LogP contribution < -0.4 is 5.73 Å². The fourth-order valence-corrected chi connectivity index (χ4v) is 6.60. The maximum atomic E-state index is 13.0. The molecule has 0 aliphatic carbocycles. The molecule has 236 valence electrons. The molecule has 2 amide bonds. The molecule has 4 heterocycles. The molecule has 2 aliphatic heterocycles. The second-order valence-electron chi connectivity index (χ2n) is 13.3. The number of aromatic nitrogens is 4. The maximum absolute atomic E-state index is 13.0. The zero-order chi connectivity index (χ0) is 31.7. The Hall–Kier alpha value is -4.24. The van der Waals surface area contributed by atoms with Crippen molar-refractivity contribution < 1.29 is 9.59 Å². The summed E-state index contributed by atoms with van der Waals surface area (Å²) >= 11 is 0. The summed E-state index contributed by atoms with van der Waals surface area (Å²) in [6.45, 7) is 9.65. The Bertz CT molecular complexity index is 1620. The number of hydrogen-bond acceptors (Lipinski definition) is 5. The van der Waals surface area contributed by atoms with Crippen molar-refractivity contribution in [2.24, 2.45) is 17.6 Å². The van der Waals surface area contributed by atoms with Crippen LogP contribution in [0.25, 0.3) is 33.6 Å². The number of carbonyl (C=O) groups is 2. The average molecular weight is 608 g/mol. The molecule has 0 bridgehead atoms. The van der Waals surface area contributed by atoms with E-state index in [0.717, 1.165) is 77.5 Å². The highest BCUT2D eigenvalue weighted by atomic mass is 16.2. The molecule has 2 aromatic carbocycles. The van der Waals surface area contributed by atoms with E-state index in [1.807, 2.05) is 36.0 Å². The van der Waals surface area contributed by atoms with Crippen molar-refractivity contribution in [2.45, 2.75) is 77.9 Å². The summed E-state index contributed by atoms with van der Waals surface area (Å²) in [5, 5.41) is 0. The number of benzene rings is 2. The predicted octanol–water partition coefficient (Wildman–Crippen LogP) is 6.49. The van der Waals surface area contributed by atoms with Gasteiger partial charge in [-0.15, -0.1) is 0 Å². The fraction of sp³-hybridized carbons (Fsp3) is 0.444. The van der Waals surface area contributed by atoms with Crippen LogP contribution in [-0.2, 0) is 9.59 Å². The van der Waals surface area contributed by atoms with Gasteiger partial charge in [-0.3, -0.25) is 9.59 Å². The van der Waals surface area contributed by atoms with Crippen molar-refractivity contribution in [3.05, 3.63) is 72.6 Å². The summed E-state index contributed by atoms with van der Waals surface area (Å²) in [5.41, 5.74) is 12.4. The predicted molar refractivity (Wildman–Crippen MR) is 177 cm³/mol. The monoisotopic (exact) mass is 607 g/mol. The first kappa shape index (κ1) is 30.8. The molecule has 45 heavy (non-hydrogen) atoms. The van der Waals surface area contributed by atoms with Crippen LogP contribution in [-0.4, -0.2) is 60.7 Å². The van der Waals surface area contributed by atoms with Crippen LogP contribution in [0.5, 0.6) is 0 Å². The first-order valence-corrected chi connectivity index (χ1v) is 16.4. The average Bonchev–Trinajstić information content (AvgIpc) is 3.86. The number of nitrogens with one attached hydrogen (secondary N) is 2. The molecular formula is C36H45N7O2. The number of nitrogens with zero attached hydrogens (tertiary/aromatic N) is 4. The van der Waals surface area contributed by atoms with Crippen LogP contribution in [0, 0.1) is 11.8 Å².